The molecule has 4 aliphatic rings. The molecule has 0 aliphatic heterocycles. The second-order valence-electron chi connectivity index (χ2n) is 8.24. The predicted molar refractivity (Wildman–Crippen MR) is 79.1 cm³/mol. The van der Waals surface area contributed by atoms with Crippen LogP contribution in [0.25, 0.3) is 0 Å². The largest absolute Gasteiger partial charge is 0.306 e. The summed E-state index contributed by atoms with van der Waals surface area (Å²) in [4.78, 5) is 4.42. The van der Waals surface area contributed by atoms with E-state index in [0.29, 0.717) is 16.4 Å². The molecule has 4 saturated carbocycles. The standard InChI is InChI=1S/C16H24N2S/c1-14-3-12-4-15(2,8-14)10-16(5-12,9-14)18-6-13-7-19-11-17-13/h7,11-12,18H,3-6,8-10H2,1-2H3. The van der Waals surface area contributed by atoms with Crippen LogP contribution in [0.4, 0.5) is 0 Å². The maximum absolute atomic E-state index is 4.42. The number of rotatable bonds is 3. The summed E-state index contributed by atoms with van der Waals surface area (Å²) in [6.45, 7) is 6.03. The molecule has 4 aliphatic carbocycles. The SMILES string of the molecule is CC12CC3CC(C)(C1)CC(NCc1cscn1)(C3)C2. The summed E-state index contributed by atoms with van der Waals surface area (Å²) in [6.07, 6.45) is 8.58. The minimum atomic E-state index is 0.409. The summed E-state index contributed by atoms with van der Waals surface area (Å²) in [7, 11) is 0. The lowest BCUT2D eigenvalue weighted by atomic mass is 9.43. The normalized spacial score (nSPS) is 47.8. The molecule has 2 atom stereocenters. The van der Waals surface area contributed by atoms with Crippen molar-refractivity contribution in [2.75, 3.05) is 0 Å². The van der Waals surface area contributed by atoms with E-state index in [0.717, 1.165) is 12.5 Å². The first-order chi connectivity index (χ1) is 8.99. The summed E-state index contributed by atoms with van der Waals surface area (Å²) < 4.78 is 0. The van der Waals surface area contributed by atoms with Gasteiger partial charge in [-0.15, -0.1) is 11.3 Å². The van der Waals surface area contributed by atoms with Crippen molar-refractivity contribution in [3.8, 4) is 0 Å². The van der Waals surface area contributed by atoms with E-state index in [1.165, 1.54) is 44.2 Å². The van der Waals surface area contributed by atoms with Gasteiger partial charge in [0.1, 0.15) is 0 Å². The van der Waals surface area contributed by atoms with Crippen molar-refractivity contribution in [3.63, 3.8) is 0 Å². The summed E-state index contributed by atoms with van der Waals surface area (Å²) in [5.41, 5.74) is 4.77. The van der Waals surface area contributed by atoms with Crippen molar-refractivity contribution >= 4 is 11.3 Å². The molecular weight excluding hydrogens is 252 g/mol. The summed E-state index contributed by atoms with van der Waals surface area (Å²) >= 11 is 1.70. The first-order valence-corrected chi connectivity index (χ1v) is 8.55. The average Bonchev–Trinajstić information content (AvgIpc) is 2.73. The van der Waals surface area contributed by atoms with Crippen LogP contribution >= 0.6 is 11.3 Å². The Bertz CT molecular complexity index is 463. The van der Waals surface area contributed by atoms with E-state index in [4.69, 9.17) is 0 Å². The van der Waals surface area contributed by atoms with Crippen molar-refractivity contribution in [1.29, 1.82) is 0 Å². The van der Waals surface area contributed by atoms with Crippen LogP contribution in [0.5, 0.6) is 0 Å². The molecule has 1 N–H and O–H groups in total. The van der Waals surface area contributed by atoms with Crippen molar-refractivity contribution in [2.24, 2.45) is 16.7 Å². The first-order valence-electron chi connectivity index (χ1n) is 7.61. The highest BCUT2D eigenvalue weighted by Crippen LogP contribution is 2.66. The molecule has 104 valence electrons. The number of hydrogen-bond acceptors (Lipinski definition) is 3. The Morgan fingerprint density at radius 1 is 1.21 bits per heavy atom. The second-order valence-corrected chi connectivity index (χ2v) is 8.96. The summed E-state index contributed by atoms with van der Waals surface area (Å²) in [6, 6.07) is 0. The van der Waals surface area contributed by atoms with Crippen LogP contribution in [0, 0.1) is 16.7 Å². The molecule has 3 heteroatoms. The number of thiazole rings is 1. The van der Waals surface area contributed by atoms with Gasteiger partial charge in [-0.05, 0) is 55.3 Å². The van der Waals surface area contributed by atoms with Crippen LogP contribution in [0.2, 0.25) is 0 Å². The van der Waals surface area contributed by atoms with Gasteiger partial charge in [-0.1, -0.05) is 13.8 Å². The lowest BCUT2D eigenvalue weighted by Crippen LogP contribution is -2.63. The van der Waals surface area contributed by atoms with Crippen LogP contribution in [-0.4, -0.2) is 10.5 Å². The average molecular weight is 276 g/mol. The molecule has 1 heterocycles. The molecule has 4 fully saturated rings. The van der Waals surface area contributed by atoms with E-state index in [1.807, 2.05) is 5.51 Å². The molecule has 0 amide bonds. The zero-order chi connectivity index (χ0) is 13.1. The van der Waals surface area contributed by atoms with E-state index in [2.05, 4.69) is 29.5 Å². The van der Waals surface area contributed by atoms with E-state index in [9.17, 15) is 0 Å². The minimum absolute atomic E-state index is 0.409. The molecule has 2 unspecified atom stereocenters. The number of hydrogen-bond donors (Lipinski definition) is 1. The fraction of sp³-hybridized carbons (Fsp3) is 0.812. The Morgan fingerprint density at radius 3 is 2.53 bits per heavy atom. The molecule has 5 rings (SSSR count). The van der Waals surface area contributed by atoms with E-state index < -0.39 is 0 Å². The van der Waals surface area contributed by atoms with Gasteiger partial charge >= 0.3 is 0 Å². The Labute approximate surface area is 120 Å². The van der Waals surface area contributed by atoms with Crippen LogP contribution in [0.3, 0.4) is 0 Å². The van der Waals surface area contributed by atoms with Gasteiger partial charge in [-0.3, -0.25) is 0 Å². The lowest BCUT2D eigenvalue weighted by molar-refractivity contribution is -0.118. The number of nitrogens with zero attached hydrogens (tertiary/aromatic N) is 1. The molecule has 0 aromatic carbocycles. The smallest absolute Gasteiger partial charge is 0.0795 e. The molecule has 1 aromatic heterocycles. The van der Waals surface area contributed by atoms with Gasteiger partial charge in [0.05, 0.1) is 11.2 Å². The third kappa shape index (κ3) is 2.06. The van der Waals surface area contributed by atoms with Gasteiger partial charge < -0.3 is 5.32 Å². The van der Waals surface area contributed by atoms with E-state index in [1.54, 1.807) is 11.3 Å². The molecule has 2 nitrogen and oxygen atoms in total. The molecule has 0 radical (unpaired) electrons. The Hall–Kier alpha value is -0.410. The molecule has 1 aromatic rings. The highest BCUT2D eigenvalue weighted by molar-refractivity contribution is 7.07. The van der Waals surface area contributed by atoms with Gasteiger partial charge in [0, 0.05) is 17.5 Å². The van der Waals surface area contributed by atoms with Crippen molar-refractivity contribution in [2.45, 2.75) is 64.5 Å². The van der Waals surface area contributed by atoms with Crippen LogP contribution in [0.1, 0.15) is 58.1 Å². The Balaban J connectivity index is 1.57. The van der Waals surface area contributed by atoms with Crippen LogP contribution in [-0.2, 0) is 6.54 Å². The van der Waals surface area contributed by atoms with Crippen molar-refractivity contribution in [1.82, 2.24) is 10.3 Å². The van der Waals surface area contributed by atoms with Crippen LogP contribution < -0.4 is 5.32 Å². The number of nitrogens with one attached hydrogen (secondary N) is 1. The maximum Gasteiger partial charge on any atom is 0.0795 e. The van der Waals surface area contributed by atoms with Crippen molar-refractivity contribution in [3.05, 3.63) is 16.6 Å². The molecular formula is C16H24N2S. The highest BCUT2D eigenvalue weighted by atomic mass is 32.1. The maximum atomic E-state index is 4.42. The third-order valence-corrected chi connectivity index (χ3v) is 6.39. The highest BCUT2D eigenvalue weighted by Gasteiger charge is 2.59. The van der Waals surface area contributed by atoms with Gasteiger partial charge in [0.25, 0.3) is 0 Å². The topological polar surface area (TPSA) is 24.9 Å². The fourth-order valence-electron chi connectivity index (χ4n) is 6.25. The second kappa shape index (κ2) is 3.82. The minimum Gasteiger partial charge on any atom is -0.306 e. The molecule has 0 spiro atoms. The van der Waals surface area contributed by atoms with E-state index >= 15 is 0 Å². The zero-order valence-electron chi connectivity index (χ0n) is 12.0. The zero-order valence-corrected chi connectivity index (χ0v) is 12.9. The predicted octanol–water partition coefficient (Wildman–Crippen LogP) is 3.98. The van der Waals surface area contributed by atoms with Gasteiger partial charge in [0.15, 0.2) is 0 Å². The van der Waals surface area contributed by atoms with Gasteiger partial charge in [0.2, 0.25) is 0 Å². The Kier molecular flexibility index (Phi) is 2.48. The number of aromatic nitrogens is 1. The molecule has 0 saturated heterocycles. The van der Waals surface area contributed by atoms with Gasteiger partial charge in [-0.25, -0.2) is 4.98 Å². The monoisotopic (exact) mass is 276 g/mol. The van der Waals surface area contributed by atoms with Crippen LogP contribution in [0.15, 0.2) is 10.9 Å². The lowest BCUT2D eigenvalue weighted by Gasteiger charge is -2.65. The molecule has 19 heavy (non-hydrogen) atoms. The Morgan fingerprint density at radius 2 is 1.95 bits per heavy atom. The molecule has 4 bridgehead atoms. The fourth-order valence-corrected chi connectivity index (χ4v) is 6.81. The quantitative estimate of drug-likeness (QED) is 0.903. The third-order valence-electron chi connectivity index (χ3n) is 5.75. The van der Waals surface area contributed by atoms with Crippen molar-refractivity contribution < 1.29 is 0 Å². The van der Waals surface area contributed by atoms with Gasteiger partial charge in [-0.2, -0.15) is 0 Å². The summed E-state index contributed by atoms with van der Waals surface area (Å²) in [5, 5.41) is 6.10. The summed E-state index contributed by atoms with van der Waals surface area (Å²) in [5.74, 6) is 0.967. The van der Waals surface area contributed by atoms with E-state index in [-0.39, 0.29) is 0 Å². The first kappa shape index (κ1) is 12.3.